The third kappa shape index (κ3) is 5.57. The van der Waals surface area contributed by atoms with Crippen molar-refractivity contribution in [2.24, 2.45) is 7.05 Å². The van der Waals surface area contributed by atoms with Crippen LogP contribution in [-0.4, -0.2) is 37.0 Å². The Kier molecular flexibility index (Phi) is 6.16. The minimum Gasteiger partial charge on any atom is -0.399 e. The molecule has 0 saturated heterocycles. The summed E-state index contributed by atoms with van der Waals surface area (Å²) in [5.74, 6) is 0.385. The zero-order chi connectivity index (χ0) is 18.4. The van der Waals surface area contributed by atoms with Crippen LogP contribution in [0.25, 0.3) is 0 Å². The van der Waals surface area contributed by atoms with Crippen molar-refractivity contribution in [1.82, 2.24) is 19.6 Å². The summed E-state index contributed by atoms with van der Waals surface area (Å²) in [6.07, 6.45) is 2.18. The molecule has 4 N–H and O–H groups in total. The van der Waals surface area contributed by atoms with Gasteiger partial charge in [-0.15, -0.1) is 0 Å². The first kappa shape index (κ1) is 18.9. The fourth-order valence-corrected chi connectivity index (χ4v) is 3.22. The van der Waals surface area contributed by atoms with Gasteiger partial charge in [-0.25, -0.2) is 18.1 Å². The van der Waals surface area contributed by atoms with Gasteiger partial charge in [0.2, 0.25) is 5.91 Å². The van der Waals surface area contributed by atoms with Crippen LogP contribution in [0.2, 0.25) is 0 Å². The van der Waals surface area contributed by atoms with Gasteiger partial charge in [0, 0.05) is 38.4 Å². The summed E-state index contributed by atoms with van der Waals surface area (Å²) >= 11 is 0. The van der Waals surface area contributed by atoms with E-state index < -0.39 is 10.0 Å². The average Bonchev–Trinajstić information content (AvgIpc) is 2.89. The summed E-state index contributed by atoms with van der Waals surface area (Å²) < 4.78 is 28.2. The van der Waals surface area contributed by atoms with Crippen molar-refractivity contribution in [1.29, 1.82) is 0 Å². The van der Waals surface area contributed by atoms with Gasteiger partial charge in [0.25, 0.3) is 10.0 Å². The van der Waals surface area contributed by atoms with Crippen LogP contribution < -0.4 is 15.8 Å². The number of aryl methyl sites for hydroxylation is 2. The first-order valence-corrected chi connectivity index (χ1v) is 9.37. The van der Waals surface area contributed by atoms with Crippen LogP contribution in [0.3, 0.4) is 0 Å². The lowest BCUT2D eigenvalue weighted by atomic mass is 10.1. The van der Waals surface area contributed by atoms with E-state index in [2.05, 4.69) is 15.0 Å². The van der Waals surface area contributed by atoms with Crippen LogP contribution in [0.15, 0.2) is 35.5 Å². The van der Waals surface area contributed by atoms with Crippen molar-refractivity contribution in [2.75, 3.05) is 18.8 Å². The predicted octanol–water partition coefficient (Wildman–Crippen LogP) is 0.338. The molecule has 0 bridgehead atoms. The second-order valence-corrected chi connectivity index (χ2v) is 7.44. The number of sulfonamides is 1. The number of rotatable bonds is 8. The van der Waals surface area contributed by atoms with Gasteiger partial charge >= 0.3 is 0 Å². The lowest BCUT2D eigenvalue weighted by Gasteiger charge is -2.07. The van der Waals surface area contributed by atoms with E-state index in [1.54, 1.807) is 18.5 Å². The van der Waals surface area contributed by atoms with Crippen LogP contribution >= 0.6 is 0 Å². The molecule has 0 aliphatic rings. The van der Waals surface area contributed by atoms with E-state index in [1.165, 1.54) is 6.20 Å². The smallest absolute Gasteiger partial charge is 0.259 e. The number of amides is 1. The van der Waals surface area contributed by atoms with Crippen molar-refractivity contribution in [2.45, 2.75) is 24.8 Å². The van der Waals surface area contributed by atoms with E-state index in [0.717, 1.165) is 5.56 Å². The molecule has 0 saturated carbocycles. The molecule has 0 spiro atoms. The van der Waals surface area contributed by atoms with Gasteiger partial charge in [-0.2, -0.15) is 0 Å². The fraction of sp³-hybridized carbons (Fsp3) is 0.375. The summed E-state index contributed by atoms with van der Waals surface area (Å²) in [6.45, 7) is 2.22. The number of nitrogens with one attached hydrogen (secondary N) is 2. The number of nitrogens with two attached hydrogens (primary N) is 1. The Balaban J connectivity index is 1.72. The van der Waals surface area contributed by atoms with Crippen molar-refractivity contribution < 1.29 is 13.2 Å². The average molecular weight is 365 g/mol. The fourth-order valence-electron chi connectivity index (χ4n) is 2.15. The van der Waals surface area contributed by atoms with Gasteiger partial charge in [-0.05, 0) is 31.0 Å². The lowest BCUT2D eigenvalue weighted by molar-refractivity contribution is -0.120. The largest absolute Gasteiger partial charge is 0.399 e. The molecule has 8 nitrogen and oxygen atoms in total. The molecule has 0 atom stereocenters. The van der Waals surface area contributed by atoms with Crippen LogP contribution in [0.4, 0.5) is 5.69 Å². The number of hydrogen-bond acceptors (Lipinski definition) is 5. The maximum absolute atomic E-state index is 12.1. The third-order valence-electron chi connectivity index (χ3n) is 3.72. The molecule has 1 aromatic carbocycles. The molecule has 0 radical (unpaired) electrons. The Morgan fingerprint density at radius 1 is 1.24 bits per heavy atom. The highest BCUT2D eigenvalue weighted by Crippen LogP contribution is 2.07. The van der Waals surface area contributed by atoms with Gasteiger partial charge in [0.05, 0.1) is 0 Å². The van der Waals surface area contributed by atoms with Crippen molar-refractivity contribution >= 4 is 21.6 Å². The minimum atomic E-state index is -3.70. The molecular formula is C16H23N5O3S. The van der Waals surface area contributed by atoms with E-state index in [0.29, 0.717) is 24.5 Å². The molecule has 1 aromatic heterocycles. The molecule has 0 aliphatic heterocycles. The molecule has 0 aliphatic carbocycles. The molecule has 0 unspecified atom stereocenters. The Labute approximate surface area is 147 Å². The highest BCUT2D eigenvalue weighted by Gasteiger charge is 2.18. The zero-order valence-corrected chi connectivity index (χ0v) is 15.1. The summed E-state index contributed by atoms with van der Waals surface area (Å²) in [7, 11) is -1.98. The quantitative estimate of drug-likeness (QED) is 0.583. The van der Waals surface area contributed by atoms with E-state index in [4.69, 9.17) is 5.73 Å². The maximum atomic E-state index is 12.1. The van der Waals surface area contributed by atoms with E-state index in [-0.39, 0.29) is 23.9 Å². The Hall–Kier alpha value is -2.39. The van der Waals surface area contributed by atoms with Gasteiger partial charge < -0.3 is 15.6 Å². The summed E-state index contributed by atoms with van der Waals surface area (Å²) in [6, 6.07) is 7.44. The molecule has 1 heterocycles. The van der Waals surface area contributed by atoms with Gasteiger partial charge in [0.1, 0.15) is 5.82 Å². The predicted molar refractivity (Wildman–Crippen MR) is 95.3 cm³/mol. The maximum Gasteiger partial charge on any atom is 0.259 e. The van der Waals surface area contributed by atoms with Crippen LogP contribution in [0.1, 0.15) is 17.8 Å². The number of carbonyl (C=O) groups excluding carboxylic acids is 1. The molecule has 2 rings (SSSR count). The molecule has 2 aromatic rings. The van der Waals surface area contributed by atoms with Crippen LogP contribution in [0.5, 0.6) is 0 Å². The molecule has 25 heavy (non-hydrogen) atoms. The molecule has 136 valence electrons. The monoisotopic (exact) mass is 365 g/mol. The number of nitrogen functional groups attached to an aromatic ring is 1. The van der Waals surface area contributed by atoms with Crippen LogP contribution in [0, 0.1) is 6.92 Å². The highest BCUT2D eigenvalue weighted by atomic mass is 32.2. The van der Waals surface area contributed by atoms with Gasteiger partial charge in [-0.1, -0.05) is 12.1 Å². The number of anilines is 1. The van der Waals surface area contributed by atoms with Crippen molar-refractivity contribution in [3.8, 4) is 0 Å². The Morgan fingerprint density at radius 3 is 2.52 bits per heavy atom. The first-order chi connectivity index (χ1) is 11.8. The third-order valence-corrected chi connectivity index (χ3v) is 5.05. The van der Waals surface area contributed by atoms with Gasteiger partial charge in [-0.3, -0.25) is 4.79 Å². The molecule has 0 fully saturated rings. The first-order valence-electron chi connectivity index (χ1n) is 7.88. The Bertz CT molecular complexity index is 808. The minimum absolute atomic E-state index is 0.0195. The SMILES string of the molecule is Cc1nc(S(=O)(=O)NCCC(=O)NCCc2ccc(N)cc2)cn1C. The van der Waals surface area contributed by atoms with E-state index in [9.17, 15) is 13.2 Å². The number of imidazole rings is 1. The van der Waals surface area contributed by atoms with Crippen molar-refractivity contribution in [3.63, 3.8) is 0 Å². The van der Waals surface area contributed by atoms with E-state index in [1.807, 2.05) is 24.3 Å². The normalized spacial score (nSPS) is 11.4. The topological polar surface area (TPSA) is 119 Å². The number of aromatic nitrogens is 2. The molecule has 1 amide bonds. The molecular weight excluding hydrogens is 342 g/mol. The highest BCUT2D eigenvalue weighted by molar-refractivity contribution is 7.89. The number of nitrogens with zero attached hydrogens (tertiary/aromatic N) is 2. The second kappa shape index (κ2) is 8.13. The van der Waals surface area contributed by atoms with Crippen molar-refractivity contribution in [3.05, 3.63) is 41.9 Å². The lowest BCUT2D eigenvalue weighted by Crippen LogP contribution is -2.31. The van der Waals surface area contributed by atoms with Crippen LogP contribution in [-0.2, 0) is 28.3 Å². The van der Waals surface area contributed by atoms with E-state index >= 15 is 0 Å². The number of hydrogen-bond donors (Lipinski definition) is 3. The summed E-state index contributed by atoms with van der Waals surface area (Å²) in [5, 5.41) is 2.72. The Morgan fingerprint density at radius 2 is 1.92 bits per heavy atom. The number of carbonyl (C=O) groups is 1. The van der Waals surface area contributed by atoms with Gasteiger partial charge in [0.15, 0.2) is 5.03 Å². The second-order valence-electron chi connectivity index (χ2n) is 5.73. The molecule has 9 heteroatoms. The number of benzene rings is 1. The zero-order valence-electron chi connectivity index (χ0n) is 14.3. The summed E-state index contributed by atoms with van der Waals surface area (Å²) in [5.41, 5.74) is 7.38. The summed E-state index contributed by atoms with van der Waals surface area (Å²) in [4.78, 5) is 15.8. The standard InChI is InChI=1S/C16H23N5O3S/c1-12-20-16(11-21(12)2)25(23,24)19-10-8-15(22)18-9-7-13-3-5-14(17)6-4-13/h3-6,11,19H,7-10,17H2,1-2H3,(H,18,22).